The first-order valence-corrected chi connectivity index (χ1v) is 9.35. The third kappa shape index (κ3) is 4.22. The molecule has 27 heavy (non-hydrogen) atoms. The van der Waals surface area contributed by atoms with E-state index in [0.29, 0.717) is 22.1 Å². The van der Waals surface area contributed by atoms with Gasteiger partial charge in [-0.1, -0.05) is 56.5 Å². The smallest absolute Gasteiger partial charge is 0.344 e. The van der Waals surface area contributed by atoms with Crippen LogP contribution in [0, 0.1) is 0 Å². The van der Waals surface area contributed by atoms with Gasteiger partial charge in [0, 0.05) is 10.8 Å². The number of carbonyl (C=O) groups is 1. The van der Waals surface area contributed by atoms with Gasteiger partial charge in [0.05, 0.1) is 5.56 Å². The number of aryl methyl sites for hydroxylation is 1. The van der Waals surface area contributed by atoms with Gasteiger partial charge in [0.2, 0.25) is 0 Å². The molecule has 0 saturated heterocycles. The van der Waals surface area contributed by atoms with Gasteiger partial charge >= 0.3 is 5.97 Å². The van der Waals surface area contributed by atoms with E-state index in [-0.39, 0.29) is 11.5 Å². The van der Waals surface area contributed by atoms with Crippen molar-refractivity contribution in [2.45, 2.75) is 39.0 Å². The third-order valence-corrected chi connectivity index (χ3v) is 4.69. The molecule has 0 unspecified atom stereocenters. The molecule has 0 spiro atoms. The van der Waals surface area contributed by atoms with Gasteiger partial charge in [-0.15, -0.1) is 0 Å². The van der Waals surface area contributed by atoms with Crippen LogP contribution in [-0.4, -0.2) is 16.2 Å². The second kappa shape index (κ2) is 8.58. The molecule has 140 valence electrons. The Morgan fingerprint density at radius 2 is 1.63 bits per heavy atom. The van der Waals surface area contributed by atoms with Crippen LogP contribution in [0.5, 0.6) is 17.2 Å². The minimum absolute atomic E-state index is 0.208. The maximum absolute atomic E-state index is 13.0. The molecule has 0 atom stereocenters. The molecule has 3 aromatic rings. The van der Waals surface area contributed by atoms with Gasteiger partial charge in [-0.3, -0.25) is 0 Å². The fraction of sp³-hybridized carbons (Fsp3) is 0.261. The highest BCUT2D eigenvalue weighted by Crippen LogP contribution is 2.36. The Morgan fingerprint density at radius 1 is 0.889 bits per heavy atom. The summed E-state index contributed by atoms with van der Waals surface area (Å²) in [6.07, 6.45) is 5.15. The van der Waals surface area contributed by atoms with Crippen molar-refractivity contribution in [3.63, 3.8) is 0 Å². The molecule has 0 amide bonds. The zero-order valence-corrected chi connectivity index (χ0v) is 15.4. The number of carbonyl (C=O) groups excluding carboxylic acids is 1. The summed E-state index contributed by atoms with van der Waals surface area (Å²) in [5.74, 6) is -0.416. The predicted octanol–water partition coefficient (Wildman–Crippen LogP) is 5.59. The second-order valence-corrected chi connectivity index (χ2v) is 6.64. The zero-order valence-electron chi connectivity index (χ0n) is 15.4. The first kappa shape index (κ1) is 18.8. The standard InChI is InChI=1S/C23H24O4/c1-2-3-4-6-9-16-12-13-19-18(14-15-20(24)22(19)25)21(16)23(26)27-17-10-7-5-8-11-17/h5,7-8,10-15,24-25H,2-4,6,9H2,1H3. The number of benzene rings is 3. The van der Waals surface area contributed by atoms with E-state index in [2.05, 4.69) is 6.92 Å². The number of unbranched alkanes of at least 4 members (excludes halogenated alkanes) is 3. The fourth-order valence-electron chi connectivity index (χ4n) is 3.26. The lowest BCUT2D eigenvalue weighted by atomic mass is 9.94. The Balaban J connectivity index is 2.01. The van der Waals surface area contributed by atoms with E-state index in [1.54, 1.807) is 36.4 Å². The molecule has 0 radical (unpaired) electrons. The van der Waals surface area contributed by atoms with E-state index in [0.717, 1.165) is 37.7 Å². The van der Waals surface area contributed by atoms with Crippen molar-refractivity contribution < 1.29 is 19.7 Å². The van der Waals surface area contributed by atoms with Crippen molar-refractivity contribution in [3.8, 4) is 17.2 Å². The molecular weight excluding hydrogens is 340 g/mol. The second-order valence-electron chi connectivity index (χ2n) is 6.64. The molecule has 2 N–H and O–H groups in total. The van der Waals surface area contributed by atoms with Crippen LogP contribution < -0.4 is 4.74 Å². The van der Waals surface area contributed by atoms with Crippen molar-refractivity contribution in [1.82, 2.24) is 0 Å². The van der Waals surface area contributed by atoms with Crippen LogP contribution in [0.1, 0.15) is 48.5 Å². The van der Waals surface area contributed by atoms with Gasteiger partial charge in [0.25, 0.3) is 0 Å². The van der Waals surface area contributed by atoms with Crippen LogP contribution >= 0.6 is 0 Å². The molecule has 0 heterocycles. The molecular formula is C23H24O4. The molecule has 0 fully saturated rings. The van der Waals surface area contributed by atoms with Crippen molar-refractivity contribution >= 4 is 16.7 Å². The van der Waals surface area contributed by atoms with Crippen molar-refractivity contribution in [2.24, 2.45) is 0 Å². The normalized spacial score (nSPS) is 10.9. The van der Waals surface area contributed by atoms with Gasteiger partial charge in [-0.2, -0.15) is 0 Å². The number of ether oxygens (including phenoxy) is 1. The monoisotopic (exact) mass is 364 g/mol. The number of hydrogen-bond acceptors (Lipinski definition) is 4. The molecule has 0 aromatic heterocycles. The number of phenols is 2. The summed E-state index contributed by atoms with van der Waals surface area (Å²) < 4.78 is 5.56. The van der Waals surface area contributed by atoms with E-state index in [1.165, 1.54) is 6.07 Å². The molecule has 0 aliphatic rings. The highest BCUT2D eigenvalue weighted by Gasteiger charge is 2.20. The van der Waals surface area contributed by atoms with E-state index in [9.17, 15) is 15.0 Å². The summed E-state index contributed by atoms with van der Waals surface area (Å²) in [4.78, 5) is 13.0. The SMILES string of the molecule is CCCCCCc1ccc2c(O)c(O)ccc2c1C(=O)Oc1ccccc1. The lowest BCUT2D eigenvalue weighted by Gasteiger charge is -2.14. The average molecular weight is 364 g/mol. The quantitative estimate of drug-likeness (QED) is 0.248. The maximum atomic E-state index is 13.0. The minimum Gasteiger partial charge on any atom is -0.504 e. The molecule has 0 aliphatic carbocycles. The topological polar surface area (TPSA) is 66.8 Å². The van der Waals surface area contributed by atoms with E-state index < -0.39 is 5.97 Å². The molecule has 3 aromatic carbocycles. The molecule has 0 aliphatic heterocycles. The van der Waals surface area contributed by atoms with Crippen molar-refractivity contribution in [2.75, 3.05) is 0 Å². The van der Waals surface area contributed by atoms with Crippen LogP contribution in [0.15, 0.2) is 54.6 Å². The molecule has 3 rings (SSSR count). The first-order chi connectivity index (χ1) is 13.1. The van der Waals surface area contributed by atoms with Gasteiger partial charge in [-0.05, 0) is 42.7 Å². The summed E-state index contributed by atoms with van der Waals surface area (Å²) in [6.45, 7) is 2.16. The third-order valence-electron chi connectivity index (χ3n) is 4.69. The van der Waals surface area contributed by atoms with Crippen molar-refractivity contribution in [1.29, 1.82) is 0 Å². The van der Waals surface area contributed by atoms with E-state index in [1.807, 2.05) is 12.1 Å². The number of rotatable bonds is 7. The lowest BCUT2D eigenvalue weighted by Crippen LogP contribution is -2.12. The Morgan fingerprint density at radius 3 is 2.37 bits per heavy atom. The Kier molecular flexibility index (Phi) is 5.97. The van der Waals surface area contributed by atoms with Crippen molar-refractivity contribution in [3.05, 3.63) is 65.7 Å². The Bertz CT molecular complexity index is 932. The number of hydrogen-bond donors (Lipinski definition) is 2. The Labute approximate surface area is 159 Å². The number of para-hydroxylation sites is 1. The summed E-state index contributed by atoms with van der Waals surface area (Å²) in [5.41, 5.74) is 1.34. The van der Waals surface area contributed by atoms with E-state index >= 15 is 0 Å². The van der Waals surface area contributed by atoms with Crippen LogP contribution in [0.3, 0.4) is 0 Å². The summed E-state index contributed by atoms with van der Waals surface area (Å²) in [7, 11) is 0. The number of esters is 1. The fourth-order valence-corrected chi connectivity index (χ4v) is 3.26. The molecule has 4 nitrogen and oxygen atoms in total. The number of fused-ring (bicyclic) bond motifs is 1. The zero-order chi connectivity index (χ0) is 19.2. The lowest BCUT2D eigenvalue weighted by molar-refractivity contribution is 0.0735. The Hall–Kier alpha value is -3.01. The molecule has 0 bridgehead atoms. The highest BCUT2D eigenvalue weighted by molar-refractivity contribution is 6.08. The average Bonchev–Trinajstić information content (AvgIpc) is 2.68. The molecule has 0 saturated carbocycles. The summed E-state index contributed by atoms with van der Waals surface area (Å²) in [6, 6.07) is 15.6. The number of phenolic OH excluding ortho intramolecular Hbond substituents is 2. The van der Waals surface area contributed by atoms with Crippen LogP contribution in [0.2, 0.25) is 0 Å². The minimum atomic E-state index is -0.456. The van der Waals surface area contributed by atoms with Gasteiger partial charge in [0.15, 0.2) is 11.5 Å². The highest BCUT2D eigenvalue weighted by atomic mass is 16.5. The largest absolute Gasteiger partial charge is 0.504 e. The van der Waals surface area contributed by atoms with Gasteiger partial charge in [-0.25, -0.2) is 4.79 Å². The maximum Gasteiger partial charge on any atom is 0.344 e. The van der Waals surface area contributed by atoms with Gasteiger partial charge < -0.3 is 14.9 Å². The van der Waals surface area contributed by atoms with E-state index in [4.69, 9.17) is 4.74 Å². The predicted molar refractivity (Wildman–Crippen MR) is 107 cm³/mol. The summed E-state index contributed by atoms with van der Waals surface area (Å²) in [5, 5.41) is 21.0. The van der Waals surface area contributed by atoms with Gasteiger partial charge in [0.1, 0.15) is 5.75 Å². The molecule has 4 heteroatoms. The van der Waals surface area contributed by atoms with Crippen LogP contribution in [0.4, 0.5) is 0 Å². The first-order valence-electron chi connectivity index (χ1n) is 9.35. The number of aromatic hydroxyl groups is 2. The summed E-state index contributed by atoms with van der Waals surface area (Å²) >= 11 is 0. The van der Waals surface area contributed by atoms with Crippen LogP contribution in [-0.2, 0) is 6.42 Å². The van der Waals surface area contributed by atoms with Crippen LogP contribution in [0.25, 0.3) is 10.8 Å².